The number of rotatable bonds is 0. The van der Waals surface area contributed by atoms with Crippen LogP contribution in [0.1, 0.15) is 0 Å². The van der Waals surface area contributed by atoms with Gasteiger partial charge in [0.1, 0.15) is 5.65 Å². The minimum Gasteiger partial charge on any atom is -0.299 e. The summed E-state index contributed by atoms with van der Waals surface area (Å²) in [6.45, 7) is 0. The lowest BCUT2D eigenvalue weighted by Gasteiger charge is -2.05. The Morgan fingerprint density at radius 3 is 2.52 bits per heavy atom. The van der Waals surface area contributed by atoms with Crippen molar-refractivity contribution in [1.29, 1.82) is 0 Å². The molecule has 0 atom stereocenters. The first-order valence-electron chi connectivity index (χ1n) is 7.09. The largest absolute Gasteiger partial charge is 0.299 e. The second kappa shape index (κ2) is 3.83. The molecule has 2 nitrogen and oxygen atoms in total. The summed E-state index contributed by atoms with van der Waals surface area (Å²) in [6, 6.07) is 23.3. The average Bonchev–Trinajstić information content (AvgIpc) is 2.93. The van der Waals surface area contributed by atoms with Crippen LogP contribution in [0.15, 0.2) is 72.9 Å². The molecule has 0 N–H and O–H groups in total. The highest BCUT2D eigenvalue weighted by atomic mass is 15.0. The maximum absolute atomic E-state index is 4.86. The van der Waals surface area contributed by atoms with Crippen molar-refractivity contribution in [1.82, 2.24) is 9.38 Å². The van der Waals surface area contributed by atoms with Gasteiger partial charge in [-0.2, -0.15) is 0 Å². The van der Waals surface area contributed by atoms with E-state index in [1.54, 1.807) is 0 Å². The van der Waals surface area contributed by atoms with Crippen LogP contribution in [0.25, 0.3) is 38.2 Å². The van der Waals surface area contributed by atoms with E-state index in [1.807, 2.05) is 6.07 Å². The third-order valence-corrected chi connectivity index (χ3v) is 4.18. The quantitative estimate of drug-likeness (QED) is 0.369. The molecule has 0 amide bonds. The zero-order valence-electron chi connectivity index (χ0n) is 11.3. The second-order valence-corrected chi connectivity index (χ2v) is 5.36. The topological polar surface area (TPSA) is 17.3 Å². The number of aromatic nitrogens is 2. The summed E-state index contributed by atoms with van der Waals surface area (Å²) >= 11 is 0. The molecule has 3 aromatic carbocycles. The van der Waals surface area contributed by atoms with Gasteiger partial charge in [-0.25, -0.2) is 4.98 Å². The zero-order valence-corrected chi connectivity index (χ0v) is 11.3. The molecule has 0 aliphatic heterocycles. The normalized spacial score (nSPS) is 11.8. The maximum atomic E-state index is 4.86. The number of fused-ring (bicyclic) bond motifs is 7. The molecule has 0 saturated heterocycles. The molecule has 5 rings (SSSR count). The van der Waals surface area contributed by atoms with Crippen molar-refractivity contribution in [3.8, 4) is 0 Å². The average molecular weight is 268 g/mol. The minimum absolute atomic E-state index is 1.03. The van der Waals surface area contributed by atoms with Crippen molar-refractivity contribution in [2.24, 2.45) is 0 Å². The standard InChI is InChI=1S/C19H12N2/c1-2-6-15-13(5-1)9-10-14-11-12-21-17-8-4-3-7-16(17)20-19(21)18(14)15/h1-12H. The lowest BCUT2D eigenvalue weighted by molar-refractivity contribution is 1.25. The van der Waals surface area contributed by atoms with Gasteiger partial charge in [0, 0.05) is 11.6 Å². The summed E-state index contributed by atoms with van der Waals surface area (Å²) in [4.78, 5) is 4.86. The Morgan fingerprint density at radius 2 is 1.52 bits per heavy atom. The summed E-state index contributed by atoms with van der Waals surface area (Å²) in [5.74, 6) is 0. The molecular formula is C19H12N2. The highest BCUT2D eigenvalue weighted by Crippen LogP contribution is 2.30. The van der Waals surface area contributed by atoms with Gasteiger partial charge in [-0.3, -0.25) is 4.40 Å². The van der Waals surface area contributed by atoms with Gasteiger partial charge in [0.15, 0.2) is 0 Å². The number of hydrogen-bond donors (Lipinski definition) is 0. The van der Waals surface area contributed by atoms with Crippen molar-refractivity contribution in [2.75, 3.05) is 0 Å². The Kier molecular flexibility index (Phi) is 1.98. The van der Waals surface area contributed by atoms with Crippen molar-refractivity contribution >= 4 is 38.2 Å². The summed E-state index contributed by atoms with van der Waals surface area (Å²) in [7, 11) is 0. The smallest absolute Gasteiger partial charge is 0.146 e. The molecule has 2 heteroatoms. The van der Waals surface area contributed by atoms with Gasteiger partial charge in [0.25, 0.3) is 0 Å². The van der Waals surface area contributed by atoms with E-state index in [-0.39, 0.29) is 0 Å². The van der Waals surface area contributed by atoms with Crippen molar-refractivity contribution in [3.63, 3.8) is 0 Å². The van der Waals surface area contributed by atoms with Crippen LogP contribution in [-0.4, -0.2) is 9.38 Å². The van der Waals surface area contributed by atoms with Crippen molar-refractivity contribution in [3.05, 3.63) is 72.9 Å². The summed E-state index contributed by atoms with van der Waals surface area (Å²) in [6.07, 6.45) is 2.11. The lowest BCUT2D eigenvalue weighted by Crippen LogP contribution is -1.87. The molecule has 0 unspecified atom stereocenters. The Hall–Kier alpha value is -2.87. The van der Waals surface area contributed by atoms with Crippen LogP contribution >= 0.6 is 0 Å². The number of hydrogen-bond acceptors (Lipinski definition) is 1. The fraction of sp³-hybridized carbons (Fsp3) is 0. The molecule has 5 aromatic rings. The Morgan fingerprint density at radius 1 is 0.714 bits per heavy atom. The summed E-state index contributed by atoms with van der Waals surface area (Å²) in [5, 5.41) is 4.98. The van der Waals surface area contributed by atoms with Crippen molar-refractivity contribution in [2.45, 2.75) is 0 Å². The molecule has 0 fully saturated rings. The van der Waals surface area contributed by atoms with Crippen LogP contribution in [0.4, 0.5) is 0 Å². The van der Waals surface area contributed by atoms with Gasteiger partial charge in [-0.1, -0.05) is 48.5 Å². The summed E-state index contributed by atoms with van der Waals surface area (Å²) < 4.78 is 2.18. The molecule has 0 radical (unpaired) electrons. The van der Waals surface area contributed by atoms with E-state index in [0.717, 1.165) is 16.7 Å². The fourth-order valence-corrected chi connectivity index (χ4v) is 3.20. The molecule has 0 aliphatic rings. The van der Waals surface area contributed by atoms with Crippen LogP contribution in [0, 0.1) is 0 Å². The molecule has 21 heavy (non-hydrogen) atoms. The number of benzene rings is 3. The molecule has 0 aliphatic carbocycles. The van der Waals surface area contributed by atoms with E-state index in [9.17, 15) is 0 Å². The van der Waals surface area contributed by atoms with E-state index in [1.165, 1.54) is 21.5 Å². The van der Waals surface area contributed by atoms with E-state index in [0.29, 0.717) is 0 Å². The molecule has 2 heterocycles. The number of para-hydroxylation sites is 2. The van der Waals surface area contributed by atoms with Crippen molar-refractivity contribution < 1.29 is 0 Å². The fourth-order valence-electron chi connectivity index (χ4n) is 3.20. The number of nitrogens with zero attached hydrogens (tertiary/aromatic N) is 2. The van der Waals surface area contributed by atoms with Gasteiger partial charge in [0.05, 0.1) is 11.0 Å². The van der Waals surface area contributed by atoms with Gasteiger partial charge in [-0.05, 0) is 34.4 Å². The van der Waals surface area contributed by atoms with E-state index >= 15 is 0 Å². The first-order chi connectivity index (χ1) is 10.4. The van der Waals surface area contributed by atoms with E-state index in [4.69, 9.17) is 4.98 Å². The van der Waals surface area contributed by atoms with Gasteiger partial charge in [0.2, 0.25) is 0 Å². The van der Waals surface area contributed by atoms with Crippen LogP contribution in [-0.2, 0) is 0 Å². The van der Waals surface area contributed by atoms with Gasteiger partial charge in [-0.15, -0.1) is 0 Å². The molecule has 0 spiro atoms. The predicted molar refractivity (Wildman–Crippen MR) is 87.7 cm³/mol. The van der Waals surface area contributed by atoms with Gasteiger partial charge < -0.3 is 0 Å². The SMILES string of the molecule is c1ccc2c(c1)ccc1ccn3c4ccccc4nc3c12. The molecular weight excluding hydrogens is 256 g/mol. The zero-order chi connectivity index (χ0) is 13.8. The Balaban J connectivity index is 2.14. The summed E-state index contributed by atoms with van der Waals surface area (Å²) in [5.41, 5.74) is 3.23. The number of pyridine rings is 1. The lowest BCUT2D eigenvalue weighted by atomic mass is 10.0. The third kappa shape index (κ3) is 1.39. The van der Waals surface area contributed by atoms with Crippen LogP contribution in [0.5, 0.6) is 0 Å². The molecule has 0 bridgehead atoms. The molecule has 0 saturated carbocycles. The Bertz CT molecular complexity index is 1140. The number of imidazole rings is 1. The predicted octanol–water partition coefficient (Wildman–Crippen LogP) is 4.79. The van der Waals surface area contributed by atoms with E-state index < -0.39 is 0 Å². The maximum Gasteiger partial charge on any atom is 0.146 e. The van der Waals surface area contributed by atoms with Crippen LogP contribution in [0.2, 0.25) is 0 Å². The second-order valence-electron chi connectivity index (χ2n) is 5.36. The highest BCUT2D eigenvalue weighted by molar-refractivity contribution is 6.14. The van der Waals surface area contributed by atoms with Gasteiger partial charge >= 0.3 is 0 Å². The van der Waals surface area contributed by atoms with Crippen LogP contribution in [0.3, 0.4) is 0 Å². The highest BCUT2D eigenvalue weighted by Gasteiger charge is 2.09. The van der Waals surface area contributed by atoms with Crippen LogP contribution < -0.4 is 0 Å². The third-order valence-electron chi connectivity index (χ3n) is 4.18. The molecule has 2 aromatic heterocycles. The first kappa shape index (κ1) is 10.9. The first-order valence-corrected chi connectivity index (χ1v) is 7.09. The minimum atomic E-state index is 1.03. The van der Waals surface area contributed by atoms with E-state index in [2.05, 4.69) is 71.3 Å². The monoisotopic (exact) mass is 268 g/mol. The molecule has 98 valence electrons. The Labute approximate surface area is 121 Å².